The molecule has 5 nitrogen and oxygen atoms in total. The number of nitrogens with one attached hydrogen (secondary N) is 1. The summed E-state index contributed by atoms with van der Waals surface area (Å²) in [7, 11) is -1.71. The van der Waals surface area contributed by atoms with Crippen LogP contribution in [-0.2, 0) is 26.8 Å². The van der Waals surface area contributed by atoms with Crippen LogP contribution in [0.25, 0.3) is 0 Å². The summed E-state index contributed by atoms with van der Waals surface area (Å²) in [6.45, 7) is 1.99. The molecule has 1 saturated carbocycles. The number of carboxylic acid groups (broad SMARTS) is 1. The van der Waals surface area contributed by atoms with Gasteiger partial charge in [0.15, 0.2) is 0 Å². The van der Waals surface area contributed by atoms with Gasteiger partial charge in [0.05, 0.1) is 0 Å². The van der Waals surface area contributed by atoms with E-state index in [9.17, 15) is 18.9 Å². The van der Waals surface area contributed by atoms with Gasteiger partial charge < -0.3 is 10.4 Å². The number of carbonyl (C=O) groups is 2. The fraction of sp³-hybridized carbons (Fsp3) is 0.556. The molecular formula is C18H25NO4S. The second-order valence-corrected chi connectivity index (χ2v) is 8.04. The summed E-state index contributed by atoms with van der Waals surface area (Å²) in [5.41, 5.74) is 2.15. The van der Waals surface area contributed by atoms with Crippen molar-refractivity contribution in [2.45, 2.75) is 56.7 Å². The lowest BCUT2D eigenvalue weighted by Gasteiger charge is -2.15. The van der Waals surface area contributed by atoms with Crippen LogP contribution in [0, 0.1) is 6.92 Å². The first-order valence-corrected chi connectivity index (χ1v) is 9.79. The molecule has 0 saturated heterocycles. The van der Waals surface area contributed by atoms with Gasteiger partial charge in [-0.3, -0.25) is 13.8 Å². The van der Waals surface area contributed by atoms with Crippen LogP contribution >= 0.6 is 0 Å². The number of hydrogen-bond acceptors (Lipinski definition) is 3. The monoisotopic (exact) mass is 351 g/mol. The number of benzene rings is 1. The maximum atomic E-state index is 12.3. The van der Waals surface area contributed by atoms with E-state index in [4.69, 9.17) is 0 Å². The second-order valence-electron chi connectivity index (χ2n) is 6.43. The van der Waals surface area contributed by atoms with Crippen molar-refractivity contribution < 1.29 is 18.9 Å². The summed E-state index contributed by atoms with van der Waals surface area (Å²) >= 11 is 0. The molecule has 2 rings (SSSR count). The first-order chi connectivity index (χ1) is 11.5. The number of aryl methyl sites for hydroxylation is 2. The maximum Gasteiger partial charge on any atom is 0.319 e. The molecule has 0 bridgehead atoms. The first-order valence-electron chi connectivity index (χ1n) is 8.40. The Balaban J connectivity index is 1.86. The van der Waals surface area contributed by atoms with E-state index in [0.29, 0.717) is 6.42 Å². The third-order valence-electron chi connectivity index (χ3n) is 4.40. The van der Waals surface area contributed by atoms with Gasteiger partial charge in [-0.25, -0.2) is 0 Å². The largest absolute Gasteiger partial charge is 0.480 e. The molecule has 2 N–H and O–H groups in total. The van der Waals surface area contributed by atoms with Crippen molar-refractivity contribution in [1.29, 1.82) is 0 Å². The molecule has 1 aromatic carbocycles. The highest BCUT2D eigenvalue weighted by Gasteiger charge is 2.27. The van der Waals surface area contributed by atoms with Gasteiger partial charge in [-0.05, 0) is 38.2 Å². The molecule has 1 fully saturated rings. The van der Waals surface area contributed by atoms with E-state index >= 15 is 0 Å². The highest BCUT2D eigenvalue weighted by molar-refractivity contribution is 7.87. The summed E-state index contributed by atoms with van der Waals surface area (Å²) in [6.07, 6.45) is 4.90. The average molecular weight is 351 g/mol. The van der Waals surface area contributed by atoms with E-state index in [1.807, 2.05) is 31.2 Å². The van der Waals surface area contributed by atoms with Crippen molar-refractivity contribution in [2.75, 3.05) is 5.75 Å². The fourth-order valence-electron chi connectivity index (χ4n) is 2.99. The smallest absolute Gasteiger partial charge is 0.319 e. The van der Waals surface area contributed by atoms with Gasteiger partial charge in [-0.1, -0.05) is 42.7 Å². The van der Waals surface area contributed by atoms with Gasteiger partial charge in [0.25, 0.3) is 0 Å². The minimum atomic E-state index is -1.71. The van der Waals surface area contributed by atoms with Crippen molar-refractivity contribution >= 4 is 22.7 Å². The molecule has 1 amide bonds. The number of aliphatic carboxylic acids is 1. The van der Waals surface area contributed by atoms with Gasteiger partial charge >= 0.3 is 5.97 Å². The number of carbonyl (C=O) groups excluding carboxylic acids is 1. The zero-order valence-corrected chi connectivity index (χ0v) is 14.8. The normalized spacial score (nSPS) is 17.4. The standard InChI is InChI=1S/C18H25NO4S/c1-13-6-8-14(9-7-13)10-11-16(18(21)22)24(23)12-17(20)19-15-4-2-3-5-15/h6-9,15-16H,2-5,10-12H2,1H3,(H,19,20)(H,21,22). The summed E-state index contributed by atoms with van der Waals surface area (Å²) in [4.78, 5) is 23.4. The Morgan fingerprint density at radius 2 is 1.88 bits per heavy atom. The van der Waals surface area contributed by atoms with Gasteiger partial charge in [-0.2, -0.15) is 0 Å². The van der Waals surface area contributed by atoms with Gasteiger partial charge in [0.2, 0.25) is 5.91 Å². The third kappa shape index (κ3) is 5.74. The Kier molecular flexibility index (Phi) is 6.97. The number of amides is 1. The van der Waals surface area contributed by atoms with Gasteiger partial charge in [-0.15, -0.1) is 0 Å². The van der Waals surface area contributed by atoms with Crippen molar-refractivity contribution in [3.63, 3.8) is 0 Å². The highest BCUT2D eigenvalue weighted by Crippen LogP contribution is 2.17. The van der Waals surface area contributed by atoms with Gasteiger partial charge in [0.1, 0.15) is 11.0 Å². The number of rotatable bonds is 8. The van der Waals surface area contributed by atoms with E-state index < -0.39 is 22.0 Å². The molecule has 1 aromatic rings. The van der Waals surface area contributed by atoms with Crippen LogP contribution in [0.1, 0.15) is 43.2 Å². The minimum absolute atomic E-state index is 0.158. The van der Waals surface area contributed by atoms with Crippen LogP contribution in [-0.4, -0.2) is 38.2 Å². The van der Waals surface area contributed by atoms with E-state index in [1.165, 1.54) is 0 Å². The van der Waals surface area contributed by atoms with Crippen LogP contribution in [0.5, 0.6) is 0 Å². The number of hydrogen-bond donors (Lipinski definition) is 2. The summed E-state index contributed by atoms with van der Waals surface area (Å²) in [6, 6.07) is 7.99. The molecule has 1 aliphatic carbocycles. The van der Waals surface area contributed by atoms with E-state index in [2.05, 4.69) is 5.32 Å². The molecule has 1 aliphatic rings. The van der Waals surface area contributed by atoms with Crippen LogP contribution in [0.2, 0.25) is 0 Å². The molecule has 6 heteroatoms. The van der Waals surface area contributed by atoms with Gasteiger partial charge in [0, 0.05) is 16.8 Å². The summed E-state index contributed by atoms with van der Waals surface area (Å²) in [5, 5.41) is 11.2. The summed E-state index contributed by atoms with van der Waals surface area (Å²) in [5.74, 6) is -1.64. The van der Waals surface area contributed by atoms with Crippen molar-refractivity contribution in [1.82, 2.24) is 5.32 Å². The Morgan fingerprint density at radius 3 is 2.46 bits per heavy atom. The molecule has 2 atom stereocenters. The lowest BCUT2D eigenvalue weighted by atomic mass is 10.1. The van der Waals surface area contributed by atoms with Crippen LogP contribution in [0.3, 0.4) is 0 Å². The molecule has 0 spiro atoms. The van der Waals surface area contributed by atoms with Crippen LogP contribution < -0.4 is 5.32 Å². The van der Waals surface area contributed by atoms with E-state index in [0.717, 1.165) is 36.8 Å². The molecule has 0 aromatic heterocycles. The zero-order chi connectivity index (χ0) is 17.5. The average Bonchev–Trinajstić information content (AvgIpc) is 3.01. The molecule has 2 unspecified atom stereocenters. The van der Waals surface area contributed by atoms with Crippen LogP contribution in [0.15, 0.2) is 24.3 Å². The maximum absolute atomic E-state index is 12.3. The molecule has 132 valence electrons. The lowest BCUT2D eigenvalue weighted by molar-refractivity contribution is -0.136. The molecule has 0 heterocycles. The highest BCUT2D eigenvalue weighted by atomic mass is 32.2. The predicted molar refractivity (Wildman–Crippen MR) is 94.3 cm³/mol. The Labute approximate surface area is 145 Å². The van der Waals surface area contributed by atoms with Crippen molar-refractivity contribution in [2.24, 2.45) is 0 Å². The quantitative estimate of drug-likeness (QED) is 0.752. The lowest BCUT2D eigenvalue weighted by Crippen LogP contribution is -2.39. The topological polar surface area (TPSA) is 83.5 Å². The van der Waals surface area contributed by atoms with Crippen molar-refractivity contribution in [3.8, 4) is 0 Å². The Bertz CT molecular complexity index is 594. The first kappa shape index (κ1) is 18.6. The Morgan fingerprint density at radius 1 is 1.25 bits per heavy atom. The SMILES string of the molecule is Cc1ccc(CCC(C(=O)O)S(=O)CC(=O)NC2CCCC2)cc1. The Hall–Kier alpha value is -1.69. The van der Waals surface area contributed by atoms with E-state index in [-0.39, 0.29) is 24.1 Å². The molecule has 0 aliphatic heterocycles. The minimum Gasteiger partial charge on any atom is -0.480 e. The van der Waals surface area contributed by atoms with E-state index in [1.54, 1.807) is 0 Å². The second kappa shape index (κ2) is 8.97. The predicted octanol–water partition coefficient (Wildman–Crippen LogP) is 2.19. The number of carboxylic acids is 1. The van der Waals surface area contributed by atoms with Crippen LogP contribution in [0.4, 0.5) is 0 Å². The van der Waals surface area contributed by atoms with Crippen molar-refractivity contribution in [3.05, 3.63) is 35.4 Å². The third-order valence-corrected chi connectivity index (χ3v) is 6.02. The fourth-order valence-corrected chi connectivity index (χ4v) is 4.14. The zero-order valence-electron chi connectivity index (χ0n) is 14.0. The molecule has 24 heavy (non-hydrogen) atoms. The molecular weight excluding hydrogens is 326 g/mol. The summed E-state index contributed by atoms with van der Waals surface area (Å²) < 4.78 is 12.3. The molecule has 0 radical (unpaired) electrons.